The lowest BCUT2D eigenvalue weighted by atomic mass is 9.58. The fourth-order valence-electron chi connectivity index (χ4n) is 5.30. The van der Waals surface area contributed by atoms with Gasteiger partial charge in [0.1, 0.15) is 0 Å². The van der Waals surface area contributed by atoms with E-state index in [4.69, 9.17) is 31.8 Å². The number of carbonyl (C=O) groups is 2. The van der Waals surface area contributed by atoms with Crippen LogP contribution in [0.1, 0.15) is 62.0 Å². The zero-order valence-electron chi connectivity index (χ0n) is 17.8. The lowest BCUT2D eigenvalue weighted by Crippen LogP contribution is -2.70. The van der Waals surface area contributed by atoms with E-state index in [-0.39, 0.29) is 17.8 Å². The fourth-order valence-corrected chi connectivity index (χ4v) is 5.30. The van der Waals surface area contributed by atoms with Crippen molar-refractivity contribution in [2.75, 3.05) is 0 Å². The zero-order chi connectivity index (χ0) is 21.1. The van der Waals surface area contributed by atoms with Gasteiger partial charge in [0.05, 0.1) is 12.8 Å². The minimum atomic E-state index is -1.92. The molecule has 5 rings (SSSR count). The van der Waals surface area contributed by atoms with Crippen LogP contribution in [0.3, 0.4) is 0 Å². The summed E-state index contributed by atoms with van der Waals surface area (Å²) in [6, 6.07) is 0. The number of fused-ring (bicyclic) bond motifs is 2. The van der Waals surface area contributed by atoms with Crippen molar-refractivity contribution in [2.45, 2.75) is 83.2 Å². The van der Waals surface area contributed by atoms with Gasteiger partial charge in [0, 0.05) is 21.0 Å². The Morgan fingerprint density at radius 1 is 1.19 bits per heavy atom. The monoisotopic (exact) mass is 388 g/mol. The van der Waals surface area contributed by atoms with E-state index < -0.39 is 48.7 Å². The smallest absolute Gasteiger partial charge is 0.308 e. The summed E-state index contributed by atoms with van der Waals surface area (Å²) in [4.78, 5) is 34.9. The normalized spacial score (nSPS) is 51.8. The molecule has 0 aromatic heterocycles. The molecule has 1 aliphatic carbocycles. The number of carboxylic acids is 1. The molecule has 27 heavy (non-hydrogen) atoms. The lowest BCUT2D eigenvalue weighted by molar-refractivity contribution is -0.576. The van der Waals surface area contributed by atoms with Gasteiger partial charge in [0.25, 0.3) is 0 Å². The molecule has 1 N–H and O–H groups in total. The molecular formula is C19H28O8. The second kappa shape index (κ2) is 6.69. The second-order valence-corrected chi connectivity index (χ2v) is 8.38. The predicted molar refractivity (Wildman–Crippen MR) is 89.8 cm³/mol. The molecule has 1 spiro atoms. The van der Waals surface area contributed by atoms with E-state index in [0.29, 0.717) is 12.3 Å². The molecule has 0 amide bonds. The SMILES string of the molecule is [3H]C(C(=O)O)C([3H])C(=O)O[C@@H]1O[C@@H]2O[C@@]3(C)CC[C@H]4[C@H](C)CC[C@@H]([C@H]1C)[C@@]24OO3. The molecule has 4 saturated heterocycles. The molecule has 152 valence electrons. The van der Waals surface area contributed by atoms with Gasteiger partial charge in [-0.1, -0.05) is 13.8 Å². The molecule has 4 aliphatic heterocycles. The molecule has 2 unspecified atom stereocenters. The summed E-state index contributed by atoms with van der Waals surface area (Å²) in [5.74, 6) is -3.37. The van der Waals surface area contributed by atoms with Crippen molar-refractivity contribution < 1.29 is 41.4 Å². The minimum Gasteiger partial charge on any atom is -0.481 e. The second-order valence-electron chi connectivity index (χ2n) is 8.38. The van der Waals surface area contributed by atoms with Gasteiger partial charge in [-0.15, -0.1) is 0 Å². The topological polar surface area (TPSA) is 101 Å². The first kappa shape index (κ1) is 16.7. The summed E-state index contributed by atoms with van der Waals surface area (Å²) in [6.45, 7) is 5.87. The fraction of sp³-hybridized carbons (Fsp3) is 0.895. The molecule has 4 heterocycles. The van der Waals surface area contributed by atoms with Gasteiger partial charge in [-0.25, -0.2) is 9.78 Å². The van der Waals surface area contributed by atoms with E-state index in [2.05, 4.69) is 6.92 Å². The number of rotatable bonds is 4. The highest BCUT2D eigenvalue weighted by Crippen LogP contribution is 2.60. The summed E-state index contributed by atoms with van der Waals surface area (Å²) < 4.78 is 32.7. The van der Waals surface area contributed by atoms with Gasteiger partial charge in [-0.2, -0.15) is 0 Å². The molecule has 1 saturated carbocycles. The van der Waals surface area contributed by atoms with Gasteiger partial charge < -0.3 is 19.3 Å². The Morgan fingerprint density at radius 3 is 2.70 bits per heavy atom. The first-order chi connectivity index (χ1) is 13.6. The maximum absolute atomic E-state index is 12.3. The number of esters is 1. The van der Waals surface area contributed by atoms with Crippen LogP contribution in [0.15, 0.2) is 0 Å². The van der Waals surface area contributed by atoms with E-state index in [0.717, 1.165) is 19.3 Å². The minimum absolute atomic E-state index is 0.0571. The van der Waals surface area contributed by atoms with Crippen molar-refractivity contribution in [3.05, 3.63) is 0 Å². The molecule has 0 aromatic carbocycles. The maximum Gasteiger partial charge on any atom is 0.308 e. The van der Waals surface area contributed by atoms with E-state index in [1.54, 1.807) is 6.92 Å². The molecule has 5 aliphatic rings. The maximum atomic E-state index is 12.3. The Morgan fingerprint density at radius 2 is 1.96 bits per heavy atom. The molecule has 5 fully saturated rings. The summed E-state index contributed by atoms with van der Waals surface area (Å²) >= 11 is 0. The molecule has 0 aromatic rings. The standard InChI is InChI=1S/C19H28O8/c1-10-4-5-13-11(2)16(23-15(22)7-6-14(20)21)24-17-19(13)12(10)8-9-18(3,25-17)26-27-19/h10-13,16-17H,4-9H2,1-3H3,(H,20,21)/t10-,11-,12+,13+,16-,17-,18-,19-/m1/s1/i6T,7T/t6?,7?,10-,11-,12+,13+,16-,17-,18-,19-. The number of aliphatic carboxylic acids is 1. The van der Waals surface area contributed by atoms with Crippen molar-refractivity contribution in [1.29, 1.82) is 0 Å². The molecule has 8 heteroatoms. The average molecular weight is 388 g/mol. The molecule has 8 nitrogen and oxygen atoms in total. The van der Waals surface area contributed by atoms with Crippen LogP contribution in [0.25, 0.3) is 0 Å². The molecule has 10 atom stereocenters. The quantitative estimate of drug-likeness (QED) is 0.579. The number of carbonyl (C=O) groups excluding carboxylic acids is 1. The number of hydrogen-bond donors (Lipinski definition) is 1. The van der Waals surface area contributed by atoms with Crippen LogP contribution in [0.5, 0.6) is 0 Å². The first-order valence-corrected chi connectivity index (χ1v) is 9.57. The summed E-state index contributed by atoms with van der Waals surface area (Å²) in [5, 5.41) is 8.89. The molecule has 0 radical (unpaired) electrons. The average Bonchev–Trinajstić information content (AvgIpc) is 2.90. The van der Waals surface area contributed by atoms with Crippen LogP contribution >= 0.6 is 0 Å². The van der Waals surface area contributed by atoms with Crippen LogP contribution in [-0.4, -0.2) is 41.0 Å². The highest BCUT2D eigenvalue weighted by Gasteiger charge is 2.69. The van der Waals surface area contributed by atoms with Gasteiger partial charge in [0.2, 0.25) is 12.1 Å². The lowest BCUT2D eigenvalue weighted by Gasteiger charge is -2.59. The van der Waals surface area contributed by atoms with Gasteiger partial charge in [0.15, 0.2) is 11.9 Å². The van der Waals surface area contributed by atoms with Crippen LogP contribution in [0, 0.1) is 23.7 Å². The van der Waals surface area contributed by atoms with Gasteiger partial charge >= 0.3 is 11.9 Å². The summed E-state index contributed by atoms with van der Waals surface area (Å²) in [6.07, 6.45) is -2.26. The molecule has 2 bridgehead atoms. The zero-order valence-corrected chi connectivity index (χ0v) is 15.8. The Bertz CT molecular complexity index is 691. The Balaban J connectivity index is 1.59. The Hall–Kier alpha value is -1.22. The largest absolute Gasteiger partial charge is 0.481 e. The van der Waals surface area contributed by atoms with Gasteiger partial charge in [-0.3, -0.25) is 9.59 Å². The van der Waals surface area contributed by atoms with Crippen LogP contribution in [0.4, 0.5) is 0 Å². The number of carboxylic acid groups (broad SMARTS) is 1. The number of ether oxygens (including phenoxy) is 3. The van der Waals surface area contributed by atoms with E-state index >= 15 is 0 Å². The predicted octanol–water partition coefficient (Wildman–Crippen LogP) is 2.60. The van der Waals surface area contributed by atoms with E-state index in [1.165, 1.54) is 0 Å². The van der Waals surface area contributed by atoms with E-state index in [1.807, 2.05) is 6.92 Å². The van der Waals surface area contributed by atoms with E-state index in [9.17, 15) is 9.59 Å². The van der Waals surface area contributed by atoms with Crippen molar-refractivity contribution in [3.63, 3.8) is 0 Å². The van der Waals surface area contributed by atoms with Crippen LogP contribution in [0.2, 0.25) is 0 Å². The van der Waals surface area contributed by atoms with Crippen molar-refractivity contribution in [1.82, 2.24) is 0 Å². The van der Waals surface area contributed by atoms with Crippen molar-refractivity contribution in [3.8, 4) is 0 Å². The third-order valence-corrected chi connectivity index (χ3v) is 6.69. The number of hydrogen-bond acceptors (Lipinski definition) is 7. The van der Waals surface area contributed by atoms with Crippen LogP contribution < -0.4 is 0 Å². The highest BCUT2D eigenvalue weighted by molar-refractivity contribution is 5.76. The van der Waals surface area contributed by atoms with Crippen LogP contribution in [-0.2, 0) is 33.6 Å². The first-order valence-electron chi connectivity index (χ1n) is 10.7. The third kappa shape index (κ3) is 3.06. The Labute approximate surface area is 161 Å². The molecular weight excluding hydrogens is 356 g/mol. The Kier molecular flexibility index (Phi) is 4.14. The van der Waals surface area contributed by atoms with Crippen molar-refractivity contribution in [2.24, 2.45) is 23.7 Å². The third-order valence-electron chi connectivity index (χ3n) is 6.69. The van der Waals surface area contributed by atoms with Gasteiger partial charge in [-0.05, 0) is 38.0 Å². The highest BCUT2D eigenvalue weighted by atomic mass is 17.3. The summed E-state index contributed by atoms with van der Waals surface area (Å²) in [5.41, 5.74) is -0.796. The summed E-state index contributed by atoms with van der Waals surface area (Å²) in [7, 11) is 0. The van der Waals surface area contributed by atoms with Crippen molar-refractivity contribution >= 4 is 11.9 Å².